The minimum atomic E-state index is 0. The maximum absolute atomic E-state index is 12.0. The second-order valence-corrected chi connectivity index (χ2v) is 6.13. The Morgan fingerprint density at radius 1 is 1.27 bits per heavy atom. The average Bonchev–Trinajstić information content (AvgIpc) is 2.48. The number of rotatable bonds is 6. The SMILES string of the molecule is Cc1ccc(NC(=O)CN(C)CCC2CCNCC2)cc1.Cl. The zero-order valence-corrected chi connectivity index (χ0v) is 14.4. The molecule has 0 aliphatic carbocycles. The van der Waals surface area contributed by atoms with Crippen molar-refractivity contribution >= 4 is 24.0 Å². The Labute approximate surface area is 140 Å². The van der Waals surface area contributed by atoms with Gasteiger partial charge in [-0.1, -0.05) is 17.7 Å². The van der Waals surface area contributed by atoms with Crippen LogP contribution in [0.15, 0.2) is 24.3 Å². The molecule has 1 heterocycles. The lowest BCUT2D eigenvalue weighted by atomic mass is 9.94. The van der Waals surface area contributed by atoms with Crippen molar-refractivity contribution in [2.24, 2.45) is 5.92 Å². The molecule has 22 heavy (non-hydrogen) atoms. The summed E-state index contributed by atoms with van der Waals surface area (Å²) in [5, 5.41) is 6.34. The first-order valence-electron chi connectivity index (χ1n) is 7.89. The van der Waals surface area contributed by atoms with Crippen molar-refractivity contribution in [2.75, 3.05) is 38.5 Å². The first-order valence-corrected chi connectivity index (χ1v) is 7.89. The minimum absolute atomic E-state index is 0. The number of halogens is 1. The maximum atomic E-state index is 12.0. The molecule has 4 nitrogen and oxygen atoms in total. The fraction of sp³-hybridized carbons (Fsp3) is 0.588. The van der Waals surface area contributed by atoms with Crippen molar-refractivity contribution in [1.29, 1.82) is 0 Å². The van der Waals surface area contributed by atoms with Crippen LogP contribution >= 0.6 is 12.4 Å². The highest BCUT2D eigenvalue weighted by atomic mass is 35.5. The fourth-order valence-electron chi connectivity index (χ4n) is 2.73. The Morgan fingerprint density at radius 2 is 1.91 bits per heavy atom. The number of aryl methyl sites for hydroxylation is 1. The van der Waals surface area contributed by atoms with Gasteiger partial charge in [-0.2, -0.15) is 0 Å². The van der Waals surface area contributed by atoms with Crippen LogP contribution in [0.5, 0.6) is 0 Å². The van der Waals surface area contributed by atoms with E-state index in [0.717, 1.165) is 31.2 Å². The number of anilines is 1. The van der Waals surface area contributed by atoms with Crippen LogP contribution in [-0.4, -0.2) is 44.0 Å². The third kappa shape index (κ3) is 6.77. The number of amides is 1. The molecule has 1 aliphatic heterocycles. The molecule has 0 radical (unpaired) electrons. The standard InChI is InChI=1S/C17H27N3O.ClH/c1-14-3-5-16(6-4-14)19-17(21)13-20(2)12-9-15-7-10-18-11-8-15;/h3-6,15,18H,7-13H2,1-2H3,(H,19,21);1H. The summed E-state index contributed by atoms with van der Waals surface area (Å²) in [5.74, 6) is 0.875. The van der Waals surface area contributed by atoms with E-state index in [4.69, 9.17) is 0 Å². The predicted octanol–water partition coefficient (Wildman–Crippen LogP) is 2.68. The van der Waals surface area contributed by atoms with E-state index in [1.165, 1.54) is 24.8 Å². The number of benzene rings is 1. The van der Waals surface area contributed by atoms with Gasteiger partial charge in [0.05, 0.1) is 6.54 Å². The van der Waals surface area contributed by atoms with Crippen LogP contribution in [0.4, 0.5) is 5.69 Å². The molecule has 0 unspecified atom stereocenters. The largest absolute Gasteiger partial charge is 0.325 e. The van der Waals surface area contributed by atoms with Crippen LogP contribution in [0, 0.1) is 12.8 Å². The van der Waals surface area contributed by atoms with Crippen molar-refractivity contribution in [2.45, 2.75) is 26.2 Å². The molecule has 124 valence electrons. The van der Waals surface area contributed by atoms with E-state index in [1.54, 1.807) is 0 Å². The summed E-state index contributed by atoms with van der Waals surface area (Å²) in [6, 6.07) is 7.91. The van der Waals surface area contributed by atoms with Crippen LogP contribution in [0.1, 0.15) is 24.8 Å². The van der Waals surface area contributed by atoms with Gasteiger partial charge in [-0.05, 0) is 70.9 Å². The van der Waals surface area contributed by atoms with Gasteiger partial charge in [0.25, 0.3) is 0 Å². The van der Waals surface area contributed by atoms with E-state index in [-0.39, 0.29) is 18.3 Å². The zero-order chi connectivity index (χ0) is 15.1. The van der Waals surface area contributed by atoms with Gasteiger partial charge in [0.1, 0.15) is 0 Å². The van der Waals surface area contributed by atoms with Crippen LogP contribution in [0.3, 0.4) is 0 Å². The smallest absolute Gasteiger partial charge is 0.238 e. The Kier molecular flexibility index (Phi) is 8.46. The lowest BCUT2D eigenvalue weighted by molar-refractivity contribution is -0.117. The van der Waals surface area contributed by atoms with Gasteiger partial charge in [0.15, 0.2) is 0 Å². The van der Waals surface area contributed by atoms with Crippen LogP contribution < -0.4 is 10.6 Å². The first-order chi connectivity index (χ1) is 10.1. The summed E-state index contributed by atoms with van der Waals surface area (Å²) < 4.78 is 0. The molecule has 1 aromatic carbocycles. The van der Waals surface area contributed by atoms with Gasteiger partial charge >= 0.3 is 0 Å². The number of carbonyl (C=O) groups excluding carboxylic acids is 1. The molecule has 0 spiro atoms. The molecule has 0 aromatic heterocycles. The summed E-state index contributed by atoms with van der Waals surface area (Å²) in [5.41, 5.74) is 2.07. The summed E-state index contributed by atoms with van der Waals surface area (Å²) in [4.78, 5) is 14.1. The molecule has 1 aliphatic rings. The highest BCUT2D eigenvalue weighted by Gasteiger charge is 2.14. The number of hydrogen-bond donors (Lipinski definition) is 2. The number of piperidine rings is 1. The molecule has 1 saturated heterocycles. The van der Waals surface area contributed by atoms with Gasteiger partial charge in [0.2, 0.25) is 5.91 Å². The van der Waals surface area contributed by atoms with Crippen LogP contribution in [0.2, 0.25) is 0 Å². The molecular formula is C17H28ClN3O. The molecule has 0 atom stereocenters. The number of nitrogens with one attached hydrogen (secondary N) is 2. The van der Waals surface area contributed by atoms with Crippen molar-refractivity contribution in [3.63, 3.8) is 0 Å². The minimum Gasteiger partial charge on any atom is -0.325 e. The van der Waals surface area contributed by atoms with Crippen molar-refractivity contribution in [3.8, 4) is 0 Å². The average molecular weight is 326 g/mol. The monoisotopic (exact) mass is 325 g/mol. The van der Waals surface area contributed by atoms with Gasteiger partial charge in [-0.25, -0.2) is 0 Å². The van der Waals surface area contributed by atoms with Crippen LogP contribution in [0.25, 0.3) is 0 Å². The molecule has 1 fully saturated rings. The van der Waals surface area contributed by atoms with Crippen molar-refractivity contribution in [1.82, 2.24) is 10.2 Å². The summed E-state index contributed by atoms with van der Waals surface area (Å²) in [6.07, 6.45) is 3.72. The summed E-state index contributed by atoms with van der Waals surface area (Å²) >= 11 is 0. The lowest BCUT2D eigenvalue weighted by Crippen LogP contribution is -2.33. The summed E-state index contributed by atoms with van der Waals surface area (Å²) in [6.45, 7) is 5.77. The Hall–Kier alpha value is -1.10. The van der Waals surface area contributed by atoms with Gasteiger partial charge in [-0.3, -0.25) is 9.69 Å². The van der Waals surface area contributed by atoms with E-state index in [9.17, 15) is 4.79 Å². The molecule has 1 amide bonds. The molecule has 0 saturated carbocycles. The molecule has 2 N–H and O–H groups in total. The van der Waals surface area contributed by atoms with E-state index in [1.807, 2.05) is 38.2 Å². The number of hydrogen-bond acceptors (Lipinski definition) is 3. The number of carbonyl (C=O) groups is 1. The third-order valence-electron chi connectivity index (χ3n) is 4.13. The van der Waals surface area contributed by atoms with E-state index < -0.39 is 0 Å². The molecule has 0 bridgehead atoms. The van der Waals surface area contributed by atoms with Crippen molar-refractivity contribution < 1.29 is 4.79 Å². The third-order valence-corrected chi connectivity index (χ3v) is 4.13. The Morgan fingerprint density at radius 3 is 2.55 bits per heavy atom. The zero-order valence-electron chi connectivity index (χ0n) is 13.6. The molecule has 5 heteroatoms. The second kappa shape index (κ2) is 9.82. The first kappa shape index (κ1) is 18.9. The Bertz CT molecular complexity index is 444. The highest BCUT2D eigenvalue weighted by molar-refractivity contribution is 5.92. The van der Waals surface area contributed by atoms with Gasteiger partial charge in [0, 0.05) is 5.69 Å². The molecular weight excluding hydrogens is 298 g/mol. The van der Waals surface area contributed by atoms with E-state index in [2.05, 4.69) is 15.5 Å². The number of nitrogens with zero attached hydrogens (tertiary/aromatic N) is 1. The van der Waals surface area contributed by atoms with E-state index in [0.29, 0.717) is 6.54 Å². The summed E-state index contributed by atoms with van der Waals surface area (Å²) in [7, 11) is 2.02. The lowest BCUT2D eigenvalue weighted by Gasteiger charge is -2.25. The molecule has 1 aromatic rings. The van der Waals surface area contributed by atoms with Gasteiger partial charge in [-0.15, -0.1) is 12.4 Å². The number of likely N-dealkylation sites (N-methyl/N-ethyl adjacent to an activating group) is 1. The fourth-order valence-corrected chi connectivity index (χ4v) is 2.73. The highest BCUT2D eigenvalue weighted by Crippen LogP contribution is 2.16. The van der Waals surface area contributed by atoms with E-state index >= 15 is 0 Å². The van der Waals surface area contributed by atoms with Crippen molar-refractivity contribution in [3.05, 3.63) is 29.8 Å². The predicted molar refractivity (Wildman–Crippen MR) is 94.8 cm³/mol. The second-order valence-electron chi connectivity index (χ2n) is 6.13. The normalized spacial score (nSPS) is 15.4. The quantitative estimate of drug-likeness (QED) is 0.845. The molecule has 2 rings (SSSR count). The maximum Gasteiger partial charge on any atom is 0.238 e. The van der Waals surface area contributed by atoms with Crippen LogP contribution in [-0.2, 0) is 4.79 Å². The van der Waals surface area contributed by atoms with Gasteiger partial charge < -0.3 is 10.6 Å². The Balaban J connectivity index is 0.00000242. The topological polar surface area (TPSA) is 44.4 Å².